The second kappa shape index (κ2) is 7.27. The Labute approximate surface area is 115 Å². The van der Waals surface area contributed by atoms with Crippen LogP contribution in [0.25, 0.3) is 0 Å². The SMILES string of the molecule is CC1CCC(NCCN(C)Cc2cccs2)CC1. The van der Waals surface area contributed by atoms with Crippen molar-refractivity contribution in [2.45, 2.75) is 45.2 Å². The van der Waals surface area contributed by atoms with Crippen molar-refractivity contribution in [3.05, 3.63) is 22.4 Å². The minimum Gasteiger partial charge on any atom is -0.313 e. The lowest BCUT2D eigenvalue weighted by atomic mass is 9.87. The molecule has 1 saturated carbocycles. The molecule has 1 aromatic rings. The molecule has 0 unspecified atom stereocenters. The van der Waals surface area contributed by atoms with Crippen LogP contribution in [0.3, 0.4) is 0 Å². The van der Waals surface area contributed by atoms with Gasteiger partial charge in [0.1, 0.15) is 0 Å². The first-order valence-corrected chi connectivity index (χ1v) is 8.06. The van der Waals surface area contributed by atoms with Crippen LogP contribution in [0.1, 0.15) is 37.5 Å². The topological polar surface area (TPSA) is 15.3 Å². The highest BCUT2D eigenvalue weighted by atomic mass is 32.1. The van der Waals surface area contributed by atoms with Crippen LogP contribution in [0.4, 0.5) is 0 Å². The molecule has 1 aliphatic rings. The third-order valence-corrected chi connectivity index (χ3v) is 4.81. The molecule has 0 amide bonds. The van der Waals surface area contributed by atoms with E-state index in [-0.39, 0.29) is 0 Å². The lowest BCUT2D eigenvalue weighted by Gasteiger charge is -2.27. The molecule has 1 heterocycles. The summed E-state index contributed by atoms with van der Waals surface area (Å²) in [6.45, 7) is 5.73. The molecular weight excluding hydrogens is 240 g/mol. The lowest BCUT2D eigenvalue weighted by Crippen LogP contribution is -2.37. The Morgan fingerprint density at radius 3 is 2.78 bits per heavy atom. The molecule has 0 aliphatic heterocycles. The number of nitrogens with one attached hydrogen (secondary N) is 1. The first kappa shape index (κ1) is 14.0. The van der Waals surface area contributed by atoms with Crippen molar-refractivity contribution in [1.82, 2.24) is 10.2 Å². The van der Waals surface area contributed by atoms with E-state index in [0.717, 1.165) is 31.6 Å². The Hall–Kier alpha value is -0.380. The Balaban J connectivity index is 1.57. The van der Waals surface area contributed by atoms with Gasteiger partial charge in [-0.1, -0.05) is 13.0 Å². The summed E-state index contributed by atoms with van der Waals surface area (Å²) in [6, 6.07) is 5.13. The van der Waals surface area contributed by atoms with E-state index in [1.807, 2.05) is 11.3 Å². The zero-order valence-electron chi connectivity index (χ0n) is 11.7. The molecule has 1 N–H and O–H groups in total. The zero-order valence-corrected chi connectivity index (χ0v) is 12.5. The molecule has 2 rings (SSSR count). The van der Waals surface area contributed by atoms with Gasteiger partial charge in [0, 0.05) is 30.6 Å². The monoisotopic (exact) mass is 266 g/mol. The highest BCUT2D eigenvalue weighted by Crippen LogP contribution is 2.23. The molecule has 18 heavy (non-hydrogen) atoms. The van der Waals surface area contributed by atoms with Crippen molar-refractivity contribution in [3.8, 4) is 0 Å². The van der Waals surface area contributed by atoms with Crippen molar-refractivity contribution >= 4 is 11.3 Å². The molecule has 102 valence electrons. The van der Waals surface area contributed by atoms with Crippen molar-refractivity contribution in [3.63, 3.8) is 0 Å². The third kappa shape index (κ3) is 4.71. The highest BCUT2D eigenvalue weighted by molar-refractivity contribution is 7.09. The number of likely N-dealkylation sites (N-methyl/N-ethyl adjacent to an activating group) is 1. The molecule has 3 heteroatoms. The molecule has 0 aromatic carbocycles. The Bertz CT molecular complexity index is 315. The Morgan fingerprint density at radius 1 is 1.33 bits per heavy atom. The molecule has 0 radical (unpaired) electrons. The van der Waals surface area contributed by atoms with Gasteiger partial charge < -0.3 is 10.2 Å². The van der Waals surface area contributed by atoms with Crippen LogP contribution in [-0.4, -0.2) is 31.1 Å². The van der Waals surface area contributed by atoms with E-state index in [0.29, 0.717) is 0 Å². The van der Waals surface area contributed by atoms with Crippen molar-refractivity contribution in [2.75, 3.05) is 20.1 Å². The molecule has 1 aliphatic carbocycles. The van der Waals surface area contributed by atoms with Crippen LogP contribution in [0.15, 0.2) is 17.5 Å². The maximum absolute atomic E-state index is 3.71. The second-order valence-corrected chi connectivity index (χ2v) is 6.76. The second-order valence-electron chi connectivity index (χ2n) is 5.73. The minimum atomic E-state index is 0.774. The van der Waals surface area contributed by atoms with Crippen LogP contribution in [0, 0.1) is 5.92 Å². The predicted octanol–water partition coefficient (Wildman–Crippen LogP) is 3.35. The van der Waals surface area contributed by atoms with E-state index in [1.54, 1.807) is 0 Å². The minimum absolute atomic E-state index is 0.774. The van der Waals surface area contributed by atoms with Gasteiger partial charge in [0.25, 0.3) is 0 Å². The molecule has 0 saturated heterocycles. The van der Waals surface area contributed by atoms with Gasteiger partial charge in [0.05, 0.1) is 0 Å². The molecule has 1 aromatic heterocycles. The summed E-state index contributed by atoms with van der Waals surface area (Å²) in [7, 11) is 2.21. The number of nitrogens with zero attached hydrogens (tertiary/aromatic N) is 1. The maximum Gasteiger partial charge on any atom is 0.0325 e. The smallest absolute Gasteiger partial charge is 0.0325 e. The summed E-state index contributed by atoms with van der Waals surface area (Å²) in [4.78, 5) is 3.87. The van der Waals surface area contributed by atoms with E-state index in [4.69, 9.17) is 0 Å². The van der Waals surface area contributed by atoms with Crippen LogP contribution in [0.5, 0.6) is 0 Å². The van der Waals surface area contributed by atoms with E-state index >= 15 is 0 Å². The van der Waals surface area contributed by atoms with E-state index in [2.05, 4.69) is 41.7 Å². The largest absolute Gasteiger partial charge is 0.313 e. The zero-order chi connectivity index (χ0) is 12.8. The fourth-order valence-corrected chi connectivity index (χ4v) is 3.46. The first-order chi connectivity index (χ1) is 8.74. The average molecular weight is 266 g/mol. The van der Waals surface area contributed by atoms with Gasteiger partial charge in [-0.15, -0.1) is 11.3 Å². The summed E-state index contributed by atoms with van der Waals surface area (Å²) in [5, 5.41) is 5.87. The predicted molar refractivity (Wildman–Crippen MR) is 80.1 cm³/mol. The van der Waals surface area contributed by atoms with Gasteiger partial charge in [0.15, 0.2) is 0 Å². The van der Waals surface area contributed by atoms with Gasteiger partial charge in [-0.25, -0.2) is 0 Å². The molecule has 1 fully saturated rings. The summed E-state index contributed by atoms with van der Waals surface area (Å²) in [5.74, 6) is 0.949. The van der Waals surface area contributed by atoms with Gasteiger partial charge in [-0.05, 0) is 50.1 Å². The van der Waals surface area contributed by atoms with Crippen molar-refractivity contribution < 1.29 is 0 Å². The fraction of sp³-hybridized carbons (Fsp3) is 0.733. The van der Waals surface area contributed by atoms with Crippen LogP contribution < -0.4 is 5.32 Å². The van der Waals surface area contributed by atoms with Gasteiger partial charge >= 0.3 is 0 Å². The summed E-state index contributed by atoms with van der Waals surface area (Å²) in [6.07, 6.45) is 5.55. The lowest BCUT2D eigenvalue weighted by molar-refractivity contribution is 0.280. The summed E-state index contributed by atoms with van der Waals surface area (Å²) < 4.78 is 0. The molecule has 0 atom stereocenters. The normalized spacial score (nSPS) is 24.6. The maximum atomic E-state index is 3.71. The van der Waals surface area contributed by atoms with E-state index < -0.39 is 0 Å². The highest BCUT2D eigenvalue weighted by Gasteiger charge is 2.17. The first-order valence-electron chi connectivity index (χ1n) is 7.18. The van der Waals surface area contributed by atoms with E-state index in [1.165, 1.54) is 30.6 Å². The van der Waals surface area contributed by atoms with Gasteiger partial charge in [-0.2, -0.15) is 0 Å². The van der Waals surface area contributed by atoms with E-state index in [9.17, 15) is 0 Å². The average Bonchev–Trinajstić information content (AvgIpc) is 2.84. The number of hydrogen-bond donors (Lipinski definition) is 1. The van der Waals surface area contributed by atoms with Gasteiger partial charge in [-0.3, -0.25) is 0 Å². The molecule has 0 bridgehead atoms. The van der Waals surface area contributed by atoms with Crippen LogP contribution in [0.2, 0.25) is 0 Å². The number of rotatable bonds is 6. The number of hydrogen-bond acceptors (Lipinski definition) is 3. The van der Waals surface area contributed by atoms with Gasteiger partial charge in [0.2, 0.25) is 0 Å². The van der Waals surface area contributed by atoms with Crippen molar-refractivity contribution in [2.24, 2.45) is 5.92 Å². The fourth-order valence-electron chi connectivity index (χ4n) is 2.67. The molecular formula is C15H26N2S. The van der Waals surface area contributed by atoms with Crippen LogP contribution >= 0.6 is 11.3 Å². The van der Waals surface area contributed by atoms with Crippen LogP contribution in [-0.2, 0) is 6.54 Å². The Kier molecular flexibility index (Phi) is 5.67. The number of thiophene rings is 1. The third-order valence-electron chi connectivity index (χ3n) is 3.95. The Morgan fingerprint density at radius 2 is 2.11 bits per heavy atom. The summed E-state index contributed by atoms with van der Waals surface area (Å²) in [5.41, 5.74) is 0. The summed E-state index contributed by atoms with van der Waals surface area (Å²) >= 11 is 1.85. The standard InChI is InChI=1S/C15H26N2S/c1-13-5-7-14(8-6-13)16-9-10-17(2)12-15-4-3-11-18-15/h3-4,11,13-14,16H,5-10,12H2,1-2H3. The van der Waals surface area contributed by atoms with Crippen molar-refractivity contribution in [1.29, 1.82) is 0 Å². The molecule has 2 nitrogen and oxygen atoms in total. The molecule has 0 spiro atoms. The quantitative estimate of drug-likeness (QED) is 0.849.